The minimum atomic E-state index is -0.123. The molecule has 0 bridgehead atoms. The fourth-order valence-electron chi connectivity index (χ4n) is 1.50. The molecule has 0 heterocycles. The highest BCUT2D eigenvalue weighted by atomic mass is 16.5. The number of hydrogen-bond donors (Lipinski definition) is 3. The molecule has 0 aromatic heterocycles. The molecule has 0 radical (unpaired) electrons. The predicted molar refractivity (Wildman–Crippen MR) is 89.1 cm³/mol. The van der Waals surface area contributed by atoms with Gasteiger partial charge in [0.15, 0.2) is 5.96 Å². The molecule has 130 valence electrons. The number of hydrogen-bond acceptors (Lipinski definition) is 4. The van der Waals surface area contributed by atoms with E-state index in [1.165, 1.54) is 0 Å². The first-order valence-electron chi connectivity index (χ1n) is 7.95. The number of nitrogens with one attached hydrogen (secondary N) is 3. The predicted octanol–water partition coefficient (Wildman–Crippen LogP) is 0.367. The highest BCUT2D eigenvalue weighted by Gasteiger charge is 2.01. The van der Waals surface area contributed by atoms with Crippen molar-refractivity contribution in [2.24, 2.45) is 10.9 Å². The number of rotatable bonds is 12. The number of methoxy groups -OCH3 is 1. The van der Waals surface area contributed by atoms with E-state index in [2.05, 4.69) is 34.8 Å². The maximum absolute atomic E-state index is 11.6. The van der Waals surface area contributed by atoms with Crippen LogP contribution in [0.1, 0.15) is 27.2 Å². The third-order valence-corrected chi connectivity index (χ3v) is 2.73. The number of carbonyl (C=O) groups is 1. The van der Waals surface area contributed by atoms with Crippen LogP contribution in [-0.2, 0) is 14.3 Å². The van der Waals surface area contributed by atoms with Crippen LogP contribution in [0, 0.1) is 5.92 Å². The summed E-state index contributed by atoms with van der Waals surface area (Å²) < 4.78 is 10.4. The van der Waals surface area contributed by atoms with Gasteiger partial charge in [0.2, 0.25) is 5.91 Å². The molecule has 0 aliphatic heterocycles. The van der Waals surface area contributed by atoms with Crippen LogP contribution in [0.15, 0.2) is 4.99 Å². The van der Waals surface area contributed by atoms with E-state index >= 15 is 0 Å². The Kier molecular flexibility index (Phi) is 13.7. The van der Waals surface area contributed by atoms with E-state index in [9.17, 15) is 4.79 Å². The maximum atomic E-state index is 11.6. The zero-order valence-corrected chi connectivity index (χ0v) is 14.4. The minimum Gasteiger partial charge on any atom is -0.383 e. The number of carbonyl (C=O) groups excluding carboxylic acids is 1. The van der Waals surface area contributed by atoms with Crippen LogP contribution in [0.2, 0.25) is 0 Å². The van der Waals surface area contributed by atoms with Crippen LogP contribution < -0.4 is 16.0 Å². The standard InChI is InChI=1S/C15H32N4O3/c1-5-16-15(18-8-11-22-9-6-13(2)3)19-12-14(20)17-7-10-21-4/h13H,5-12H2,1-4H3,(H,17,20)(H2,16,18,19). The number of ether oxygens (including phenoxy) is 2. The third-order valence-electron chi connectivity index (χ3n) is 2.73. The lowest BCUT2D eigenvalue weighted by Gasteiger charge is -2.12. The number of guanidine groups is 1. The highest BCUT2D eigenvalue weighted by molar-refractivity contribution is 5.84. The molecule has 0 atom stereocenters. The van der Waals surface area contributed by atoms with Gasteiger partial charge in [0.05, 0.1) is 13.2 Å². The van der Waals surface area contributed by atoms with E-state index in [1.807, 2.05) is 6.92 Å². The minimum absolute atomic E-state index is 0.0905. The van der Waals surface area contributed by atoms with Crippen molar-refractivity contribution < 1.29 is 14.3 Å². The zero-order chi connectivity index (χ0) is 16.6. The number of amides is 1. The first-order chi connectivity index (χ1) is 10.6. The van der Waals surface area contributed by atoms with Gasteiger partial charge in [-0.1, -0.05) is 13.8 Å². The monoisotopic (exact) mass is 316 g/mol. The van der Waals surface area contributed by atoms with Gasteiger partial charge < -0.3 is 25.4 Å². The Balaban J connectivity index is 3.87. The second-order valence-electron chi connectivity index (χ2n) is 5.26. The molecule has 0 aliphatic rings. The van der Waals surface area contributed by atoms with Gasteiger partial charge >= 0.3 is 0 Å². The molecule has 0 aromatic rings. The van der Waals surface area contributed by atoms with E-state index in [0.717, 1.165) is 19.6 Å². The van der Waals surface area contributed by atoms with E-state index < -0.39 is 0 Å². The zero-order valence-electron chi connectivity index (χ0n) is 14.4. The molecule has 0 rings (SSSR count). The summed E-state index contributed by atoms with van der Waals surface area (Å²) in [7, 11) is 1.60. The Hall–Kier alpha value is -1.34. The summed E-state index contributed by atoms with van der Waals surface area (Å²) in [6.45, 7) is 10.2. The van der Waals surface area contributed by atoms with Crippen molar-refractivity contribution in [1.82, 2.24) is 16.0 Å². The highest BCUT2D eigenvalue weighted by Crippen LogP contribution is 1.98. The molecule has 0 aliphatic carbocycles. The maximum Gasteiger partial charge on any atom is 0.241 e. The van der Waals surface area contributed by atoms with Gasteiger partial charge in [-0.2, -0.15) is 0 Å². The molecule has 7 heteroatoms. The van der Waals surface area contributed by atoms with Crippen LogP contribution in [0.25, 0.3) is 0 Å². The van der Waals surface area contributed by atoms with Gasteiger partial charge in [-0.05, 0) is 19.3 Å². The fourth-order valence-corrected chi connectivity index (χ4v) is 1.50. The molecular formula is C15H32N4O3. The average Bonchev–Trinajstić information content (AvgIpc) is 2.48. The van der Waals surface area contributed by atoms with Crippen molar-refractivity contribution in [1.29, 1.82) is 0 Å². The lowest BCUT2D eigenvalue weighted by atomic mass is 10.1. The van der Waals surface area contributed by atoms with Crippen molar-refractivity contribution in [3.63, 3.8) is 0 Å². The van der Waals surface area contributed by atoms with Gasteiger partial charge in [0, 0.05) is 33.4 Å². The van der Waals surface area contributed by atoms with Crippen LogP contribution in [0.3, 0.4) is 0 Å². The summed E-state index contributed by atoms with van der Waals surface area (Å²) in [5.74, 6) is 1.16. The quantitative estimate of drug-likeness (QED) is 0.275. The Morgan fingerprint density at radius 2 is 1.82 bits per heavy atom. The Bertz CT molecular complexity index is 309. The average molecular weight is 316 g/mol. The Morgan fingerprint density at radius 1 is 1.09 bits per heavy atom. The molecule has 0 saturated carbocycles. The van der Waals surface area contributed by atoms with E-state index in [1.54, 1.807) is 7.11 Å². The smallest absolute Gasteiger partial charge is 0.241 e. The van der Waals surface area contributed by atoms with Crippen molar-refractivity contribution >= 4 is 11.9 Å². The number of nitrogens with zero attached hydrogens (tertiary/aromatic N) is 1. The van der Waals surface area contributed by atoms with Crippen molar-refractivity contribution in [3.05, 3.63) is 0 Å². The molecule has 1 amide bonds. The van der Waals surface area contributed by atoms with Crippen LogP contribution in [0.5, 0.6) is 0 Å². The summed E-state index contributed by atoms with van der Waals surface area (Å²) in [6, 6.07) is 0. The summed E-state index contributed by atoms with van der Waals surface area (Å²) in [5, 5.41) is 8.96. The van der Waals surface area contributed by atoms with Gasteiger partial charge in [-0.25, -0.2) is 4.99 Å². The summed E-state index contributed by atoms with van der Waals surface area (Å²) in [6.07, 6.45) is 1.07. The molecular weight excluding hydrogens is 284 g/mol. The molecule has 0 saturated heterocycles. The van der Waals surface area contributed by atoms with Gasteiger partial charge in [0.1, 0.15) is 6.54 Å². The van der Waals surface area contributed by atoms with Crippen LogP contribution in [0.4, 0.5) is 0 Å². The van der Waals surface area contributed by atoms with Gasteiger partial charge in [-0.15, -0.1) is 0 Å². The molecule has 22 heavy (non-hydrogen) atoms. The molecule has 0 spiro atoms. The fraction of sp³-hybridized carbons (Fsp3) is 0.867. The van der Waals surface area contributed by atoms with E-state index in [4.69, 9.17) is 9.47 Å². The molecule has 0 fully saturated rings. The Labute approximate surface area is 134 Å². The molecule has 0 aromatic carbocycles. The normalized spacial score (nSPS) is 11.6. The lowest BCUT2D eigenvalue weighted by molar-refractivity contribution is -0.119. The van der Waals surface area contributed by atoms with E-state index in [0.29, 0.717) is 38.2 Å². The van der Waals surface area contributed by atoms with Crippen molar-refractivity contribution in [2.75, 3.05) is 53.1 Å². The SMILES string of the molecule is CCNC(=NCC(=O)NCCOC)NCCOCCC(C)C. The Morgan fingerprint density at radius 3 is 2.45 bits per heavy atom. The first kappa shape index (κ1) is 20.7. The van der Waals surface area contributed by atoms with E-state index in [-0.39, 0.29) is 12.5 Å². The topological polar surface area (TPSA) is 84.0 Å². The van der Waals surface area contributed by atoms with Crippen LogP contribution in [-0.4, -0.2) is 65.0 Å². The molecule has 3 N–H and O–H groups in total. The largest absolute Gasteiger partial charge is 0.383 e. The molecule has 7 nitrogen and oxygen atoms in total. The first-order valence-corrected chi connectivity index (χ1v) is 7.95. The van der Waals surface area contributed by atoms with Crippen LogP contribution >= 0.6 is 0 Å². The van der Waals surface area contributed by atoms with Crippen molar-refractivity contribution in [3.8, 4) is 0 Å². The summed E-state index contributed by atoms with van der Waals surface area (Å²) >= 11 is 0. The van der Waals surface area contributed by atoms with Gasteiger partial charge in [0.25, 0.3) is 0 Å². The second kappa shape index (κ2) is 14.6. The number of aliphatic imine (C=N–C) groups is 1. The summed E-state index contributed by atoms with van der Waals surface area (Å²) in [4.78, 5) is 15.8. The van der Waals surface area contributed by atoms with Crippen molar-refractivity contribution in [2.45, 2.75) is 27.2 Å². The molecule has 0 unspecified atom stereocenters. The third kappa shape index (κ3) is 13.6. The van der Waals surface area contributed by atoms with Gasteiger partial charge in [-0.3, -0.25) is 4.79 Å². The lowest BCUT2D eigenvalue weighted by Crippen LogP contribution is -2.40. The second-order valence-corrected chi connectivity index (χ2v) is 5.26. The summed E-state index contributed by atoms with van der Waals surface area (Å²) in [5.41, 5.74) is 0.